The number of carboxylic acid groups (broad SMARTS) is 1. The fourth-order valence-electron chi connectivity index (χ4n) is 2.41. The number of hydrogen-bond donors (Lipinski definition) is 2. The van der Waals surface area contributed by atoms with Crippen LogP contribution < -0.4 is 0 Å². The van der Waals surface area contributed by atoms with E-state index < -0.39 is 17.6 Å². The van der Waals surface area contributed by atoms with Gasteiger partial charge in [-0.3, -0.25) is 0 Å². The largest absolute Gasteiger partial charge is 0.480 e. The summed E-state index contributed by atoms with van der Waals surface area (Å²) >= 11 is 0. The number of carbonyl (C=O) groups is 2. The molecule has 1 saturated heterocycles. The van der Waals surface area contributed by atoms with Crippen molar-refractivity contribution in [3.05, 3.63) is 0 Å². The van der Waals surface area contributed by atoms with E-state index in [4.69, 9.17) is 5.11 Å². The fraction of sp³-hybridized carbons (Fsp3) is 0.833. The standard InChI is InChI=1S/C12H22N2O4/c1-8-5-6-14(9(8)10(15)16)11(17)13(4)7-12(2,3)18/h8-9,18H,5-7H2,1-4H3,(H,15,16). The lowest BCUT2D eigenvalue weighted by Crippen LogP contribution is -2.51. The molecule has 6 heteroatoms. The Morgan fingerprint density at radius 3 is 2.44 bits per heavy atom. The number of aliphatic hydroxyl groups is 1. The maximum atomic E-state index is 12.2. The number of nitrogens with zero attached hydrogens (tertiary/aromatic N) is 2. The highest BCUT2D eigenvalue weighted by Crippen LogP contribution is 2.25. The van der Waals surface area contributed by atoms with Crippen LogP contribution in [0, 0.1) is 5.92 Å². The second-order valence-corrected chi connectivity index (χ2v) is 5.69. The summed E-state index contributed by atoms with van der Waals surface area (Å²) in [7, 11) is 1.57. The lowest BCUT2D eigenvalue weighted by molar-refractivity contribution is -0.142. The van der Waals surface area contributed by atoms with Crippen LogP contribution in [-0.2, 0) is 4.79 Å². The molecule has 0 aromatic carbocycles. The maximum absolute atomic E-state index is 12.2. The lowest BCUT2D eigenvalue weighted by Gasteiger charge is -2.31. The molecule has 0 aromatic heterocycles. The first-order valence-electron chi connectivity index (χ1n) is 6.10. The summed E-state index contributed by atoms with van der Waals surface area (Å²) in [6, 6.07) is -1.10. The first-order chi connectivity index (χ1) is 8.13. The molecule has 2 N–H and O–H groups in total. The van der Waals surface area contributed by atoms with Crippen LogP contribution in [0.4, 0.5) is 4.79 Å². The molecule has 0 aromatic rings. The highest BCUT2D eigenvalue weighted by molar-refractivity contribution is 5.83. The van der Waals surface area contributed by atoms with E-state index in [9.17, 15) is 14.7 Å². The minimum atomic E-state index is -0.992. The molecule has 1 fully saturated rings. The minimum absolute atomic E-state index is 0.0398. The number of likely N-dealkylation sites (tertiary alicyclic amines) is 1. The molecule has 104 valence electrons. The molecule has 0 radical (unpaired) electrons. The molecule has 0 saturated carbocycles. The van der Waals surface area contributed by atoms with E-state index in [-0.39, 0.29) is 18.5 Å². The Morgan fingerprint density at radius 1 is 1.44 bits per heavy atom. The van der Waals surface area contributed by atoms with Crippen LogP contribution in [0.2, 0.25) is 0 Å². The van der Waals surface area contributed by atoms with Crippen LogP contribution in [0.3, 0.4) is 0 Å². The van der Waals surface area contributed by atoms with Gasteiger partial charge >= 0.3 is 12.0 Å². The number of carbonyl (C=O) groups excluding carboxylic acids is 1. The predicted molar refractivity (Wildman–Crippen MR) is 66.2 cm³/mol. The van der Waals surface area contributed by atoms with Crippen molar-refractivity contribution in [1.29, 1.82) is 0 Å². The Balaban J connectivity index is 2.74. The minimum Gasteiger partial charge on any atom is -0.480 e. The Bertz CT molecular complexity index is 337. The highest BCUT2D eigenvalue weighted by Gasteiger charge is 2.40. The van der Waals surface area contributed by atoms with Gasteiger partial charge in [0.1, 0.15) is 6.04 Å². The van der Waals surface area contributed by atoms with Crippen molar-refractivity contribution < 1.29 is 19.8 Å². The van der Waals surface area contributed by atoms with Crippen LogP contribution in [0.25, 0.3) is 0 Å². The van der Waals surface area contributed by atoms with Crippen molar-refractivity contribution in [2.75, 3.05) is 20.1 Å². The SMILES string of the molecule is CC1CCN(C(=O)N(C)CC(C)(C)O)C1C(=O)O. The first-order valence-corrected chi connectivity index (χ1v) is 6.10. The normalized spacial score (nSPS) is 24.2. The Kier molecular flexibility index (Phi) is 4.21. The van der Waals surface area contributed by atoms with Crippen LogP contribution in [-0.4, -0.2) is 63.8 Å². The highest BCUT2D eigenvalue weighted by atomic mass is 16.4. The summed E-state index contributed by atoms with van der Waals surface area (Å²) in [6.45, 7) is 5.67. The first kappa shape index (κ1) is 14.8. The molecule has 1 heterocycles. The topological polar surface area (TPSA) is 81.1 Å². The summed E-state index contributed by atoms with van der Waals surface area (Å²) in [4.78, 5) is 26.1. The molecule has 1 aliphatic rings. The van der Waals surface area contributed by atoms with E-state index in [2.05, 4.69) is 0 Å². The van der Waals surface area contributed by atoms with Gasteiger partial charge in [-0.1, -0.05) is 6.92 Å². The Hall–Kier alpha value is -1.30. The molecule has 0 bridgehead atoms. The number of likely N-dealkylation sites (N-methyl/N-ethyl adjacent to an activating group) is 1. The third-order valence-corrected chi connectivity index (χ3v) is 3.15. The van der Waals surface area contributed by atoms with Crippen LogP contribution >= 0.6 is 0 Å². The molecular formula is C12H22N2O4. The van der Waals surface area contributed by atoms with Gasteiger partial charge in [0.2, 0.25) is 0 Å². The number of hydrogen-bond acceptors (Lipinski definition) is 3. The summed E-state index contributed by atoms with van der Waals surface area (Å²) in [6.07, 6.45) is 0.694. The van der Waals surface area contributed by atoms with Gasteiger partial charge in [-0.2, -0.15) is 0 Å². The summed E-state index contributed by atoms with van der Waals surface area (Å²) in [5, 5.41) is 18.8. The maximum Gasteiger partial charge on any atom is 0.326 e. The van der Waals surface area contributed by atoms with Gasteiger partial charge in [-0.05, 0) is 26.2 Å². The van der Waals surface area contributed by atoms with Crippen molar-refractivity contribution >= 4 is 12.0 Å². The van der Waals surface area contributed by atoms with Gasteiger partial charge in [0.15, 0.2) is 0 Å². The lowest BCUT2D eigenvalue weighted by atomic mass is 10.0. The number of urea groups is 1. The quantitative estimate of drug-likeness (QED) is 0.777. The van der Waals surface area contributed by atoms with Crippen molar-refractivity contribution in [1.82, 2.24) is 9.80 Å². The predicted octanol–water partition coefficient (Wildman–Crippen LogP) is 0.604. The molecule has 2 amide bonds. The van der Waals surface area contributed by atoms with E-state index in [1.165, 1.54) is 9.80 Å². The van der Waals surface area contributed by atoms with Crippen LogP contribution in [0.15, 0.2) is 0 Å². The van der Waals surface area contributed by atoms with E-state index in [1.54, 1.807) is 20.9 Å². The molecule has 1 rings (SSSR count). The summed E-state index contributed by atoms with van der Waals surface area (Å²) in [5.41, 5.74) is -0.992. The zero-order valence-electron chi connectivity index (χ0n) is 11.4. The van der Waals surface area contributed by atoms with Crippen molar-refractivity contribution in [3.63, 3.8) is 0 Å². The average Bonchev–Trinajstić information content (AvgIpc) is 2.56. The van der Waals surface area contributed by atoms with Crippen LogP contribution in [0.1, 0.15) is 27.2 Å². The van der Waals surface area contributed by atoms with Gasteiger partial charge in [0, 0.05) is 13.6 Å². The van der Waals surface area contributed by atoms with Crippen LogP contribution in [0.5, 0.6) is 0 Å². The molecule has 2 unspecified atom stereocenters. The molecule has 0 aliphatic carbocycles. The average molecular weight is 258 g/mol. The Labute approximate surface area is 107 Å². The number of carboxylic acids is 1. The molecule has 18 heavy (non-hydrogen) atoms. The summed E-state index contributed by atoms with van der Waals surface area (Å²) < 4.78 is 0. The zero-order chi connectivity index (χ0) is 14.1. The van der Waals surface area contributed by atoms with Crippen molar-refractivity contribution in [2.45, 2.75) is 38.8 Å². The Morgan fingerprint density at radius 2 is 2.00 bits per heavy atom. The van der Waals surface area contributed by atoms with E-state index >= 15 is 0 Å². The number of rotatable bonds is 3. The molecule has 2 atom stereocenters. The van der Waals surface area contributed by atoms with E-state index in [0.717, 1.165) is 0 Å². The second-order valence-electron chi connectivity index (χ2n) is 5.69. The second kappa shape index (κ2) is 5.14. The number of aliphatic carboxylic acids is 1. The third kappa shape index (κ3) is 3.35. The van der Waals surface area contributed by atoms with E-state index in [0.29, 0.717) is 13.0 Å². The van der Waals surface area contributed by atoms with Crippen molar-refractivity contribution in [2.24, 2.45) is 5.92 Å². The van der Waals surface area contributed by atoms with Gasteiger partial charge < -0.3 is 20.0 Å². The van der Waals surface area contributed by atoms with Gasteiger partial charge in [-0.25, -0.2) is 9.59 Å². The fourth-order valence-corrected chi connectivity index (χ4v) is 2.41. The van der Waals surface area contributed by atoms with Gasteiger partial charge in [-0.15, -0.1) is 0 Å². The van der Waals surface area contributed by atoms with E-state index in [1.807, 2.05) is 6.92 Å². The zero-order valence-corrected chi connectivity index (χ0v) is 11.4. The number of amides is 2. The van der Waals surface area contributed by atoms with Crippen molar-refractivity contribution in [3.8, 4) is 0 Å². The smallest absolute Gasteiger partial charge is 0.326 e. The molecule has 6 nitrogen and oxygen atoms in total. The molecule has 1 aliphatic heterocycles. The van der Waals surface area contributed by atoms with Gasteiger partial charge in [0.25, 0.3) is 0 Å². The van der Waals surface area contributed by atoms with Gasteiger partial charge in [0.05, 0.1) is 12.1 Å². The monoisotopic (exact) mass is 258 g/mol. The molecular weight excluding hydrogens is 236 g/mol. The summed E-state index contributed by atoms with van der Waals surface area (Å²) in [5.74, 6) is -1.01. The third-order valence-electron chi connectivity index (χ3n) is 3.15. The molecule has 0 spiro atoms.